The van der Waals surface area contributed by atoms with Crippen molar-refractivity contribution in [2.75, 3.05) is 7.11 Å². The van der Waals surface area contributed by atoms with E-state index in [-0.39, 0.29) is 5.75 Å². The summed E-state index contributed by atoms with van der Waals surface area (Å²) in [5.41, 5.74) is 2.27. The van der Waals surface area contributed by atoms with Crippen molar-refractivity contribution in [3.05, 3.63) is 65.2 Å². The molecule has 0 heterocycles. The van der Waals surface area contributed by atoms with Gasteiger partial charge in [0.15, 0.2) is 0 Å². The minimum absolute atomic E-state index is 0.196. The summed E-state index contributed by atoms with van der Waals surface area (Å²) in [4.78, 5) is 12.4. The van der Waals surface area contributed by atoms with E-state index in [0.29, 0.717) is 11.3 Å². The van der Waals surface area contributed by atoms with E-state index in [1.807, 2.05) is 13.8 Å². The number of ether oxygens (including phenoxy) is 2. The van der Waals surface area contributed by atoms with Gasteiger partial charge in [-0.25, -0.2) is 4.79 Å². The number of phenols is 1. The average Bonchev–Trinajstić information content (AvgIpc) is 2.58. The minimum atomic E-state index is -0.419. The Labute approximate surface area is 140 Å². The summed E-state index contributed by atoms with van der Waals surface area (Å²) in [6.07, 6.45) is 0. The summed E-state index contributed by atoms with van der Waals surface area (Å²) in [5.74, 6) is 1.06. The van der Waals surface area contributed by atoms with Crippen molar-refractivity contribution in [1.82, 2.24) is 0 Å². The first kappa shape index (κ1) is 15.9. The molecule has 3 rings (SSSR count). The smallest absolute Gasteiger partial charge is 0.343 e. The van der Waals surface area contributed by atoms with Crippen molar-refractivity contribution in [1.29, 1.82) is 0 Å². The maximum Gasteiger partial charge on any atom is 0.343 e. The van der Waals surface area contributed by atoms with Gasteiger partial charge in [0.1, 0.15) is 17.2 Å². The highest BCUT2D eigenvalue weighted by Gasteiger charge is 2.14. The second-order valence-corrected chi connectivity index (χ2v) is 5.65. The van der Waals surface area contributed by atoms with Crippen LogP contribution in [0.15, 0.2) is 48.5 Å². The number of fused-ring (bicyclic) bond motifs is 1. The summed E-state index contributed by atoms with van der Waals surface area (Å²) in [5, 5.41) is 11.2. The Morgan fingerprint density at radius 1 is 0.875 bits per heavy atom. The molecule has 0 unspecified atom stereocenters. The lowest BCUT2D eigenvalue weighted by molar-refractivity contribution is 0.0733. The zero-order chi connectivity index (χ0) is 17.3. The third-order valence-electron chi connectivity index (χ3n) is 4.17. The number of rotatable bonds is 3. The van der Waals surface area contributed by atoms with Crippen LogP contribution in [-0.4, -0.2) is 18.2 Å². The molecule has 3 aromatic rings. The topological polar surface area (TPSA) is 55.8 Å². The summed E-state index contributed by atoms with van der Waals surface area (Å²) in [7, 11) is 1.61. The monoisotopic (exact) mass is 322 g/mol. The normalized spacial score (nSPS) is 10.6. The number of hydrogen-bond donors (Lipinski definition) is 1. The Morgan fingerprint density at radius 2 is 1.50 bits per heavy atom. The van der Waals surface area contributed by atoms with Crippen LogP contribution in [0, 0.1) is 13.8 Å². The van der Waals surface area contributed by atoms with Gasteiger partial charge in [0.05, 0.1) is 12.7 Å². The van der Waals surface area contributed by atoms with Gasteiger partial charge in [-0.2, -0.15) is 0 Å². The van der Waals surface area contributed by atoms with Gasteiger partial charge in [-0.3, -0.25) is 0 Å². The SMILES string of the molecule is COc1ccc(OC(=O)c2ccc3cc(O)ccc3c2)c(C)c1C. The highest BCUT2D eigenvalue weighted by molar-refractivity contribution is 5.96. The second-order valence-electron chi connectivity index (χ2n) is 5.65. The molecule has 0 radical (unpaired) electrons. The lowest BCUT2D eigenvalue weighted by Crippen LogP contribution is -2.09. The van der Waals surface area contributed by atoms with Gasteiger partial charge in [-0.1, -0.05) is 12.1 Å². The molecule has 122 valence electrons. The molecular weight excluding hydrogens is 304 g/mol. The van der Waals surface area contributed by atoms with Gasteiger partial charge < -0.3 is 14.6 Å². The number of esters is 1. The number of methoxy groups -OCH3 is 1. The maximum absolute atomic E-state index is 12.4. The average molecular weight is 322 g/mol. The van der Waals surface area contributed by atoms with Gasteiger partial charge >= 0.3 is 5.97 Å². The third-order valence-corrected chi connectivity index (χ3v) is 4.17. The predicted molar refractivity (Wildman–Crippen MR) is 93.0 cm³/mol. The number of aromatic hydroxyl groups is 1. The third kappa shape index (κ3) is 2.91. The van der Waals surface area contributed by atoms with E-state index in [0.717, 1.165) is 27.6 Å². The number of carbonyl (C=O) groups excluding carboxylic acids is 1. The molecule has 4 nitrogen and oxygen atoms in total. The van der Waals surface area contributed by atoms with Crippen molar-refractivity contribution in [3.8, 4) is 17.2 Å². The molecule has 24 heavy (non-hydrogen) atoms. The first-order valence-corrected chi connectivity index (χ1v) is 7.59. The Kier molecular flexibility index (Phi) is 4.13. The number of benzene rings is 3. The molecule has 1 N–H and O–H groups in total. The summed E-state index contributed by atoms with van der Waals surface area (Å²) in [6, 6.07) is 13.8. The standard InChI is InChI=1S/C20H18O4/c1-12-13(2)19(9-8-18(12)23-3)24-20(22)16-5-4-15-11-17(21)7-6-14(15)10-16/h4-11,21H,1-3H3. The van der Waals surface area contributed by atoms with E-state index in [1.54, 1.807) is 55.6 Å². The predicted octanol–water partition coefficient (Wildman–Crippen LogP) is 4.39. The molecular formula is C20H18O4. The summed E-state index contributed by atoms with van der Waals surface area (Å²) < 4.78 is 10.8. The summed E-state index contributed by atoms with van der Waals surface area (Å²) in [6.45, 7) is 3.82. The van der Waals surface area contributed by atoms with Gasteiger partial charge in [0.25, 0.3) is 0 Å². The Balaban J connectivity index is 1.90. The molecule has 0 bridgehead atoms. The van der Waals surface area contributed by atoms with Crippen LogP contribution in [-0.2, 0) is 0 Å². The molecule has 0 saturated carbocycles. The zero-order valence-electron chi connectivity index (χ0n) is 13.8. The number of carbonyl (C=O) groups is 1. The van der Waals surface area contributed by atoms with Gasteiger partial charge in [-0.05, 0) is 72.1 Å². The molecule has 0 aliphatic carbocycles. The maximum atomic E-state index is 12.4. The molecule has 0 atom stereocenters. The first-order valence-electron chi connectivity index (χ1n) is 7.59. The largest absolute Gasteiger partial charge is 0.508 e. The number of phenolic OH excluding ortho intramolecular Hbond substituents is 1. The Bertz CT molecular complexity index is 928. The van der Waals surface area contributed by atoms with Gasteiger partial charge in [-0.15, -0.1) is 0 Å². The van der Waals surface area contributed by atoms with E-state index < -0.39 is 5.97 Å². The molecule has 0 fully saturated rings. The van der Waals surface area contributed by atoms with Crippen LogP contribution in [0.25, 0.3) is 10.8 Å². The van der Waals surface area contributed by atoms with Crippen molar-refractivity contribution in [3.63, 3.8) is 0 Å². The molecule has 0 saturated heterocycles. The molecule has 0 amide bonds. The van der Waals surface area contributed by atoms with E-state index >= 15 is 0 Å². The fourth-order valence-electron chi connectivity index (χ4n) is 2.62. The van der Waals surface area contributed by atoms with Gasteiger partial charge in [0, 0.05) is 0 Å². The van der Waals surface area contributed by atoms with Crippen LogP contribution < -0.4 is 9.47 Å². The van der Waals surface area contributed by atoms with Crippen LogP contribution in [0.3, 0.4) is 0 Å². The van der Waals surface area contributed by atoms with Crippen molar-refractivity contribution >= 4 is 16.7 Å². The van der Waals surface area contributed by atoms with E-state index in [2.05, 4.69) is 0 Å². The lowest BCUT2D eigenvalue weighted by atomic mass is 10.1. The Hall–Kier alpha value is -3.01. The molecule has 0 aromatic heterocycles. The second kappa shape index (κ2) is 6.24. The van der Waals surface area contributed by atoms with Crippen molar-refractivity contribution in [2.45, 2.75) is 13.8 Å². The van der Waals surface area contributed by atoms with Crippen LogP contribution >= 0.6 is 0 Å². The van der Waals surface area contributed by atoms with Crippen LogP contribution in [0.5, 0.6) is 17.2 Å². The highest BCUT2D eigenvalue weighted by atomic mass is 16.5. The number of hydrogen-bond acceptors (Lipinski definition) is 4. The van der Waals surface area contributed by atoms with Crippen molar-refractivity contribution in [2.24, 2.45) is 0 Å². The fraction of sp³-hybridized carbons (Fsp3) is 0.150. The molecule has 4 heteroatoms. The lowest BCUT2D eigenvalue weighted by Gasteiger charge is -2.12. The van der Waals surface area contributed by atoms with E-state index in [9.17, 15) is 9.90 Å². The Morgan fingerprint density at radius 3 is 2.25 bits per heavy atom. The first-order chi connectivity index (χ1) is 11.5. The zero-order valence-corrected chi connectivity index (χ0v) is 13.8. The van der Waals surface area contributed by atoms with Crippen LogP contribution in [0.1, 0.15) is 21.5 Å². The quantitative estimate of drug-likeness (QED) is 0.574. The van der Waals surface area contributed by atoms with Crippen LogP contribution in [0.4, 0.5) is 0 Å². The highest BCUT2D eigenvalue weighted by Crippen LogP contribution is 2.29. The molecule has 0 aliphatic rings. The van der Waals surface area contributed by atoms with Crippen molar-refractivity contribution < 1.29 is 19.4 Å². The molecule has 3 aromatic carbocycles. The summed E-state index contributed by atoms with van der Waals surface area (Å²) >= 11 is 0. The van der Waals surface area contributed by atoms with E-state index in [1.165, 1.54) is 0 Å². The fourth-order valence-corrected chi connectivity index (χ4v) is 2.62. The minimum Gasteiger partial charge on any atom is -0.508 e. The van der Waals surface area contributed by atoms with Gasteiger partial charge in [0.2, 0.25) is 0 Å². The molecule has 0 aliphatic heterocycles. The molecule has 0 spiro atoms. The van der Waals surface area contributed by atoms with Crippen LogP contribution in [0.2, 0.25) is 0 Å². The van der Waals surface area contributed by atoms with E-state index in [4.69, 9.17) is 9.47 Å².